The molecule has 1 heterocycles. The van der Waals surface area contributed by atoms with E-state index in [0.717, 1.165) is 15.6 Å². The molecule has 0 bridgehead atoms. The molecule has 1 radical (unpaired) electrons. The lowest BCUT2D eigenvalue weighted by Crippen LogP contribution is -2.22. The number of hydrogen-bond donors (Lipinski definition) is 1. The van der Waals surface area contributed by atoms with Gasteiger partial charge in [-0.25, -0.2) is 0 Å². The van der Waals surface area contributed by atoms with Crippen molar-refractivity contribution in [2.45, 2.75) is 45.6 Å². The van der Waals surface area contributed by atoms with Gasteiger partial charge >= 0.3 is 6.36 Å². The molecule has 0 unspecified atom stereocenters. The molecule has 0 aliphatic carbocycles. The van der Waals surface area contributed by atoms with Gasteiger partial charge in [0.2, 0.25) is 0 Å². The van der Waals surface area contributed by atoms with Crippen molar-refractivity contribution in [1.29, 1.82) is 0 Å². The molecule has 4 rings (SSSR count). The van der Waals surface area contributed by atoms with Crippen molar-refractivity contribution in [2.24, 2.45) is 0 Å². The third-order valence-corrected chi connectivity index (χ3v) is 7.24. The Hall–Kier alpha value is -3.04. The average Bonchev–Trinajstić information content (AvgIpc) is 3.21. The summed E-state index contributed by atoms with van der Waals surface area (Å²) in [6.07, 6.45) is -5.08. The van der Waals surface area contributed by atoms with Crippen LogP contribution in [0, 0.1) is 6.07 Å². The molecule has 1 aromatic heterocycles. The van der Waals surface area contributed by atoms with E-state index < -0.39 is 11.8 Å². The van der Waals surface area contributed by atoms with Gasteiger partial charge in [-0.1, -0.05) is 35.8 Å². The third-order valence-electron chi connectivity index (χ3n) is 5.67. The van der Waals surface area contributed by atoms with E-state index in [4.69, 9.17) is 4.74 Å². The zero-order chi connectivity index (χ0) is 27.0. The predicted octanol–water partition coefficient (Wildman–Crippen LogP) is 8.73. The summed E-state index contributed by atoms with van der Waals surface area (Å²) in [7, 11) is 0. The topological polar surface area (TPSA) is 47.6 Å². The summed E-state index contributed by atoms with van der Waals surface area (Å²) in [5.74, 6) is -0.346. The number of rotatable bonds is 7. The molecular formula is C28H24BrF3NO3S. The van der Waals surface area contributed by atoms with Crippen LogP contribution in [0.15, 0.2) is 65.1 Å². The summed E-state index contributed by atoms with van der Waals surface area (Å²) in [6.45, 7) is 7.35. The monoisotopic (exact) mass is 590 g/mol. The predicted molar refractivity (Wildman–Crippen MR) is 144 cm³/mol. The number of halogens is 4. The first-order valence-corrected chi connectivity index (χ1v) is 13.0. The number of amides is 1. The maximum absolute atomic E-state index is 13.0. The fourth-order valence-electron chi connectivity index (χ4n) is 3.88. The van der Waals surface area contributed by atoms with Gasteiger partial charge in [0, 0.05) is 26.3 Å². The second-order valence-electron chi connectivity index (χ2n) is 9.29. The Balaban J connectivity index is 1.68. The summed E-state index contributed by atoms with van der Waals surface area (Å²) in [4.78, 5) is 13.5. The van der Waals surface area contributed by atoms with E-state index in [1.165, 1.54) is 23.5 Å². The molecule has 37 heavy (non-hydrogen) atoms. The second-order valence-corrected chi connectivity index (χ2v) is 11.3. The third kappa shape index (κ3) is 6.64. The Kier molecular flexibility index (Phi) is 7.57. The van der Waals surface area contributed by atoms with Crippen LogP contribution in [0.3, 0.4) is 0 Å². The maximum Gasteiger partial charge on any atom is 0.573 e. The minimum Gasteiger partial charge on any atom is -0.491 e. The summed E-state index contributed by atoms with van der Waals surface area (Å²) in [5, 5.41) is 3.88. The highest BCUT2D eigenvalue weighted by atomic mass is 79.9. The van der Waals surface area contributed by atoms with Crippen LogP contribution in [0.5, 0.6) is 11.5 Å². The molecule has 0 saturated heterocycles. The molecular weight excluding hydrogens is 567 g/mol. The second kappa shape index (κ2) is 10.4. The molecule has 4 aromatic rings. The zero-order valence-electron chi connectivity index (χ0n) is 20.5. The number of carbonyl (C=O) groups excluding carboxylic acids is 1. The number of hydrogen-bond acceptors (Lipinski definition) is 4. The minimum absolute atomic E-state index is 0.239. The average molecular weight is 591 g/mol. The van der Waals surface area contributed by atoms with Gasteiger partial charge in [0.05, 0.1) is 11.0 Å². The number of nitrogens with one attached hydrogen (secondary N) is 1. The molecule has 0 fully saturated rings. The molecule has 0 aliphatic rings. The van der Waals surface area contributed by atoms with Crippen LogP contribution in [0.1, 0.15) is 48.5 Å². The quantitative estimate of drug-likeness (QED) is 0.234. The van der Waals surface area contributed by atoms with Crippen molar-refractivity contribution >= 4 is 48.9 Å². The highest BCUT2D eigenvalue weighted by Crippen LogP contribution is 2.39. The molecule has 0 atom stereocenters. The van der Waals surface area contributed by atoms with E-state index in [1.54, 1.807) is 32.0 Å². The van der Waals surface area contributed by atoms with Gasteiger partial charge in [-0.2, -0.15) is 0 Å². The first-order chi connectivity index (χ1) is 17.3. The van der Waals surface area contributed by atoms with Crippen molar-refractivity contribution < 1.29 is 27.4 Å². The van der Waals surface area contributed by atoms with Crippen LogP contribution in [0.25, 0.3) is 10.1 Å². The minimum atomic E-state index is -4.84. The van der Waals surface area contributed by atoms with Gasteiger partial charge in [0.1, 0.15) is 11.5 Å². The summed E-state index contributed by atoms with van der Waals surface area (Å²) < 4.78 is 50.7. The van der Waals surface area contributed by atoms with E-state index in [9.17, 15) is 18.0 Å². The van der Waals surface area contributed by atoms with E-state index in [-0.39, 0.29) is 23.5 Å². The molecule has 0 spiro atoms. The van der Waals surface area contributed by atoms with Gasteiger partial charge in [-0.15, -0.1) is 24.5 Å². The normalized spacial score (nSPS) is 12.1. The van der Waals surface area contributed by atoms with Crippen molar-refractivity contribution in [2.75, 3.05) is 5.32 Å². The largest absolute Gasteiger partial charge is 0.573 e. The Morgan fingerprint density at radius 1 is 1.03 bits per heavy atom. The van der Waals surface area contributed by atoms with Crippen molar-refractivity contribution in [3.05, 3.63) is 87.2 Å². The first-order valence-electron chi connectivity index (χ1n) is 11.4. The van der Waals surface area contributed by atoms with Crippen LogP contribution >= 0.6 is 27.3 Å². The molecule has 193 valence electrons. The molecule has 0 saturated carbocycles. The van der Waals surface area contributed by atoms with Gasteiger partial charge < -0.3 is 14.8 Å². The summed E-state index contributed by atoms with van der Waals surface area (Å²) in [5.41, 5.74) is 1.10. The Bertz CT molecular complexity index is 1410. The van der Waals surface area contributed by atoms with E-state index in [1.807, 2.05) is 44.2 Å². The zero-order valence-corrected chi connectivity index (χ0v) is 22.9. The van der Waals surface area contributed by atoms with E-state index in [0.29, 0.717) is 20.6 Å². The smallest absolute Gasteiger partial charge is 0.491 e. The highest BCUT2D eigenvalue weighted by Gasteiger charge is 2.33. The number of thiophene rings is 1. The van der Waals surface area contributed by atoms with Crippen LogP contribution in [0.2, 0.25) is 0 Å². The van der Waals surface area contributed by atoms with Crippen molar-refractivity contribution in [1.82, 2.24) is 0 Å². The van der Waals surface area contributed by atoms with Crippen molar-refractivity contribution in [3.63, 3.8) is 0 Å². The maximum atomic E-state index is 13.0. The molecule has 0 aliphatic heterocycles. The summed E-state index contributed by atoms with van der Waals surface area (Å²) in [6, 6.07) is 20.1. The number of ether oxygens (including phenoxy) is 2. The van der Waals surface area contributed by atoms with Gasteiger partial charge in [-0.05, 0) is 85.0 Å². The van der Waals surface area contributed by atoms with Crippen LogP contribution in [-0.4, -0.2) is 18.4 Å². The number of carbonyl (C=O) groups is 1. The molecule has 9 heteroatoms. The number of fused-ring (bicyclic) bond motifs is 1. The standard InChI is InChI=1S/C28H24BrF3NO3S/c1-16(2)35-22-12-19(13-23(15-22)36-28(30,31)32)27(3,4)18-10-20(29)14-21(11-18)33-26(34)25-9-17-7-5-6-8-24(17)37-25/h6-16H,1-4H3,(H,33,34). The fourth-order valence-corrected chi connectivity index (χ4v) is 5.31. The van der Waals surface area contributed by atoms with Gasteiger partial charge in [0.25, 0.3) is 5.91 Å². The van der Waals surface area contributed by atoms with Gasteiger partial charge in [0.15, 0.2) is 0 Å². The Morgan fingerprint density at radius 3 is 2.41 bits per heavy atom. The van der Waals surface area contributed by atoms with E-state index in [2.05, 4.69) is 32.0 Å². The Morgan fingerprint density at radius 2 is 1.73 bits per heavy atom. The SMILES string of the molecule is CC(C)Oc1cc(OC(F)(F)F)cc(C(C)(C)c2cc(Br)cc(NC(=O)c3cc4c[c]ccc4s3)c2)c1. The first kappa shape index (κ1) is 27.0. The van der Waals surface area contributed by atoms with E-state index >= 15 is 0 Å². The van der Waals surface area contributed by atoms with Crippen LogP contribution < -0.4 is 14.8 Å². The molecule has 3 aromatic carbocycles. The number of alkyl halides is 3. The molecule has 1 N–H and O–H groups in total. The lowest BCUT2D eigenvalue weighted by Gasteiger charge is -2.28. The fraction of sp³-hybridized carbons (Fsp3) is 0.250. The van der Waals surface area contributed by atoms with Crippen LogP contribution in [-0.2, 0) is 5.41 Å². The molecule has 1 amide bonds. The number of anilines is 1. The van der Waals surface area contributed by atoms with Gasteiger partial charge in [-0.3, -0.25) is 4.79 Å². The Labute approximate surface area is 225 Å². The van der Waals surface area contributed by atoms with Crippen molar-refractivity contribution in [3.8, 4) is 11.5 Å². The van der Waals surface area contributed by atoms with Crippen LogP contribution in [0.4, 0.5) is 18.9 Å². The summed E-state index contributed by atoms with van der Waals surface area (Å²) >= 11 is 4.89. The highest BCUT2D eigenvalue weighted by molar-refractivity contribution is 9.10. The number of benzene rings is 3. The lowest BCUT2D eigenvalue weighted by atomic mass is 9.78. The lowest BCUT2D eigenvalue weighted by molar-refractivity contribution is -0.274. The molecule has 4 nitrogen and oxygen atoms in total.